The van der Waals surface area contributed by atoms with E-state index in [9.17, 15) is 21.6 Å². The first-order chi connectivity index (χ1) is 13.0. The molecule has 0 atom stereocenters. The lowest BCUT2D eigenvalue weighted by atomic mass is 10.1. The second-order valence-corrected chi connectivity index (χ2v) is 8.15. The number of nitrogens with zero attached hydrogens (tertiary/aromatic N) is 3. The van der Waals surface area contributed by atoms with Gasteiger partial charge < -0.3 is 4.74 Å². The highest BCUT2D eigenvalue weighted by Gasteiger charge is 2.35. The lowest BCUT2D eigenvalue weighted by Crippen LogP contribution is -2.08. The van der Waals surface area contributed by atoms with E-state index in [4.69, 9.17) is 4.74 Å². The van der Waals surface area contributed by atoms with E-state index in [0.717, 1.165) is 28.8 Å². The quantitative estimate of drug-likeness (QED) is 0.655. The van der Waals surface area contributed by atoms with Crippen LogP contribution in [0.3, 0.4) is 0 Å². The summed E-state index contributed by atoms with van der Waals surface area (Å²) >= 11 is 0. The Morgan fingerprint density at radius 2 is 1.82 bits per heavy atom. The van der Waals surface area contributed by atoms with Crippen LogP contribution in [-0.4, -0.2) is 36.5 Å². The van der Waals surface area contributed by atoms with E-state index in [2.05, 4.69) is 10.1 Å². The summed E-state index contributed by atoms with van der Waals surface area (Å²) < 4.78 is 69.2. The van der Waals surface area contributed by atoms with Crippen LogP contribution in [0.2, 0.25) is 0 Å². The SMILES string of the molecule is COc1cc(-c2cc(C(F)(F)F)nn2-c2ccc(S(C)(=O)=O)cn2)ccc1C. The molecule has 2 aromatic heterocycles. The molecule has 0 saturated carbocycles. The number of aromatic nitrogens is 3. The first-order valence-electron chi connectivity index (χ1n) is 7.99. The van der Waals surface area contributed by atoms with Gasteiger partial charge in [0, 0.05) is 18.0 Å². The van der Waals surface area contributed by atoms with Gasteiger partial charge in [-0.1, -0.05) is 12.1 Å². The molecule has 0 fully saturated rings. The molecular formula is C18H16F3N3O3S. The van der Waals surface area contributed by atoms with Crippen molar-refractivity contribution in [1.82, 2.24) is 14.8 Å². The molecule has 0 aliphatic carbocycles. The van der Waals surface area contributed by atoms with Crippen LogP contribution in [-0.2, 0) is 16.0 Å². The van der Waals surface area contributed by atoms with Crippen molar-refractivity contribution in [3.63, 3.8) is 0 Å². The van der Waals surface area contributed by atoms with Crippen molar-refractivity contribution >= 4 is 9.84 Å². The molecule has 2 heterocycles. The van der Waals surface area contributed by atoms with Crippen molar-refractivity contribution in [2.24, 2.45) is 0 Å². The number of hydrogen-bond acceptors (Lipinski definition) is 5. The van der Waals surface area contributed by atoms with Crippen molar-refractivity contribution in [3.8, 4) is 22.8 Å². The number of pyridine rings is 1. The standard InChI is InChI=1S/C18H16F3N3O3S/c1-11-4-5-12(8-15(11)27-2)14-9-16(18(19,20)21)23-24(14)17-7-6-13(10-22-17)28(3,25)26/h4-10H,1-3H3. The van der Waals surface area contributed by atoms with Gasteiger partial charge in [0.15, 0.2) is 21.3 Å². The van der Waals surface area contributed by atoms with Crippen molar-refractivity contribution in [2.75, 3.05) is 13.4 Å². The van der Waals surface area contributed by atoms with Gasteiger partial charge in [-0.3, -0.25) is 0 Å². The van der Waals surface area contributed by atoms with E-state index in [0.29, 0.717) is 11.3 Å². The van der Waals surface area contributed by atoms with E-state index >= 15 is 0 Å². The normalized spacial score (nSPS) is 12.2. The Morgan fingerprint density at radius 3 is 2.36 bits per heavy atom. The van der Waals surface area contributed by atoms with Gasteiger partial charge in [0.25, 0.3) is 0 Å². The van der Waals surface area contributed by atoms with Crippen LogP contribution in [0.5, 0.6) is 5.75 Å². The summed E-state index contributed by atoms with van der Waals surface area (Å²) in [5.41, 5.74) is 0.324. The smallest absolute Gasteiger partial charge is 0.435 e. The fourth-order valence-corrected chi connectivity index (χ4v) is 3.16. The number of methoxy groups -OCH3 is 1. The number of alkyl halides is 3. The Hall–Kier alpha value is -2.88. The minimum atomic E-state index is -4.65. The molecule has 148 valence electrons. The van der Waals surface area contributed by atoms with E-state index < -0.39 is 21.7 Å². The van der Waals surface area contributed by atoms with Crippen LogP contribution >= 0.6 is 0 Å². The summed E-state index contributed by atoms with van der Waals surface area (Å²) in [4.78, 5) is 3.94. The number of benzene rings is 1. The van der Waals surface area contributed by atoms with Crippen molar-refractivity contribution in [1.29, 1.82) is 0 Å². The lowest BCUT2D eigenvalue weighted by molar-refractivity contribution is -0.141. The largest absolute Gasteiger partial charge is 0.496 e. The second kappa shape index (κ2) is 6.93. The highest BCUT2D eigenvalue weighted by atomic mass is 32.2. The van der Waals surface area contributed by atoms with E-state index in [1.54, 1.807) is 18.2 Å². The monoisotopic (exact) mass is 411 g/mol. The van der Waals surface area contributed by atoms with Crippen LogP contribution in [0.1, 0.15) is 11.3 Å². The second-order valence-electron chi connectivity index (χ2n) is 6.13. The minimum absolute atomic E-state index is 0.0435. The molecule has 0 aliphatic rings. The molecular weight excluding hydrogens is 395 g/mol. The molecule has 0 spiro atoms. The summed E-state index contributed by atoms with van der Waals surface area (Å²) in [6.45, 7) is 1.81. The van der Waals surface area contributed by atoms with Crippen LogP contribution in [0.4, 0.5) is 13.2 Å². The first-order valence-corrected chi connectivity index (χ1v) is 9.88. The summed E-state index contributed by atoms with van der Waals surface area (Å²) in [5, 5.41) is 3.64. The molecule has 0 aliphatic heterocycles. The molecule has 1 aromatic carbocycles. The fourth-order valence-electron chi connectivity index (χ4n) is 2.60. The molecule has 10 heteroatoms. The van der Waals surface area contributed by atoms with Gasteiger partial charge in [-0.05, 0) is 36.8 Å². The van der Waals surface area contributed by atoms with Crippen LogP contribution in [0, 0.1) is 6.92 Å². The Labute approximate surface area is 159 Å². The predicted molar refractivity (Wildman–Crippen MR) is 96.2 cm³/mol. The molecule has 28 heavy (non-hydrogen) atoms. The van der Waals surface area contributed by atoms with Crippen LogP contribution < -0.4 is 4.74 Å². The lowest BCUT2D eigenvalue weighted by Gasteiger charge is -2.10. The third kappa shape index (κ3) is 3.86. The van der Waals surface area contributed by atoms with Gasteiger partial charge in [0.05, 0.1) is 17.7 Å². The third-order valence-corrected chi connectivity index (χ3v) is 5.17. The Morgan fingerprint density at radius 1 is 1.11 bits per heavy atom. The van der Waals surface area contributed by atoms with E-state index in [-0.39, 0.29) is 16.4 Å². The molecule has 0 amide bonds. The van der Waals surface area contributed by atoms with Gasteiger partial charge in [-0.15, -0.1) is 0 Å². The topological polar surface area (TPSA) is 74.1 Å². The molecule has 3 rings (SSSR count). The summed E-state index contributed by atoms with van der Waals surface area (Å²) in [5.74, 6) is 0.566. The number of rotatable bonds is 4. The average molecular weight is 411 g/mol. The zero-order valence-electron chi connectivity index (χ0n) is 15.1. The zero-order chi connectivity index (χ0) is 20.7. The molecule has 0 N–H and O–H groups in total. The summed E-state index contributed by atoms with van der Waals surface area (Å²) in [7, 11) is -2.02. The van der Waals surface area contributed by atoms with Crippen molar-refractivity contribution in [3.05, 3.63) is 53.9 Å². The highest BCUT2D eigenvalue weighted by Crippen LogP contribution is 2.34. The first kappa shape index (κ1) is 19.9. The molecule has 3 aromatic rings. The number of hydrogen-bond donors (Lipinski definition) is 0. The Kier molecular flexibility index (Phi) is 4.92. The molecule has 6 nitrogen and oxygen atoms in total. The number of sulfone groups is 1. The Bertz CT molecular complexity index is 1120. The minimum Gasteiger partial charge on any atom is -0.496 e. The molecule has 0 saturated heterocycles. The van der Waals surface area contributed by atoms with E-state index in [1.165, 1.54) is 19.2 Å². The maximum absolute atomic E-state index is 13.2. The van der Waals surface area contributed by atoms with Crippen molar-refractivity contribution < 1.29 is 26.3 Å². The summed E-state index contributed by atoms with van der Waals surface area (Å²) in [6.07, 6.45) is -2.55. The maximum Gasteiger partial charge on any atom is 0.435 e. The molecule has 0 radical (unpaired) electrons. The number of halogens is 3. The Balaban J connectivity index is 2.19. The predicted octanol–water partition coefficient (Wildman–Crippen LogP) is 3.67. The van der Waals surface area contributed by atoms with E-state index in [1.807, 2.05) is 6.92 Å². The molecule has 0 unspecified atom stereocenters. The van der Waals surface area contributed by atoms with Gasteiger partial charge >= 0.3 is 6.18 Å². The van der Waals surface area contributed by atoms with Crippen molar-refractivity contribution in [2.45, 2.75) is 18.0 Å². The highest BCUT2D eigenvalue weighted by molar-refractivity contribution is 7.90. The number of ether oxygens (including phenoxy) is 1. The summed E-state index contributed by atoms with van der Waals surface area (Å²) in [6, 6.07) is 8.46. The van der Waals surface area contributed by atoms with Gasteiger partial charge in [0.2, 0.25) is 0 Å². The van der Waals surface area contributed by atoms with Gasteiger partial charge in [-0.25, -0.2) is 18.1 Å². The van der Waals surface area contributed by atoms with Crippen LogP contribution in [0.15, 0.2) is 47.5 Å². The van der Waals surface area contributed by atoms with Crippen LogP contribution in [0.25, 0.3) is 17.1 Å². The average Bonchev–Trinajstić information content (AvgIpc) is 3.07. The maximum atomic E-state index is 13.2. The fraction of sp³-hybridized carbons (Fsp3) is 0.222. The third-order valence-electron chi connectivity index (χ3n) is 4.07. The number of aryl methyl sites for hydroxylation is 1. The van der Waals surface area contributed by atoms with Gasteiger partial charge in [-0.2, -0.15) is 18.3 Å². The zero-order valence-corrected chi connectivity index (χ0v) is 16.0. The molecule has 0 bridgehead atoms. The van der Waals surface area contributed by atoms with Gasteiger partial charge in [0.1, 0.15) is 5.75 Å².